The lowest BCUT2D eigenvalue weighted by Gasteiger charge is -2.31. The quantitative estimate of drug-likeness (QED) is 0.840. The van der Waals surface area contributed by atoms with Crippen LogP contribution in [-0.4, -0.2) is 45.5 Å². The Morgan fingerprint density at radius 3 is 2.59 bits per heavy atom. The summed E-state index contributed by atoms with van der Waals surface area (Å²) in [5.41, 5.74) is 0. The Morgan fingerprint density at radius 1 is 1.41 bits per heavy atom. The van der Waals surface area contributed by atoms with Gasteiger partial charge in [-0.2, -0.15) is 0 Å². The summed E-state index contributed by atoms with van der Waals surface area (Å²) in [5, 5.41) is 8.95. The molecular weight excluding hydrogens is 238 g/mol. The van der Waals surface area contributed by atoms with E-state index in [2.05, 4.69) is 20.8 Å². The van der Waals surface area contributed by atoms with E-state index in [0.29, 0.717) is 25.3 Å². The van der Waals surface area contributed by atoms with Crippen molar-refractivity contribution in [2.75, 3.05) is 18.8 Å². The van der Waals surface area contributed by atoms with E-state index in [4.69, 9.17) is 5.11 Å². The molecule has 0 unspecified atom stereocenters. The number of carbonyl (C=O) groups is 2. The highest BCUT2D eigenvalue weighted by atomic mass is 32.2. The van der Waals surface area contributed by atoms with Crippen LogP contribution in [-0.2, 0) is 9.59 Å². The van der Waals surface area contributed by atoms with Crippen molar-refractivity contribution in [1.82, 2.24) is 4.90 Å². The maximum atomic E-state index is 11.9. The van der Waals surface area contributed by atoms with Crippen LogP contribution in [0.3, 0.4) is 0 Å². The van der Waals surface area contributed by atoms with Gasteiger partial charge in [0.2, 0.25) is 5.91 Å². The van der Waals surface area contributed by atoms with E-state index in [1.54, 1.807) is 16.7 Å². The second-order valence-electron chi connectivity index (χ2n) is 5.42. The van der Waals surface area contributed by atoms with Gasteiger partial charge < -0.3 is 10.0 Å². The van der Waals surface area contributed by atoms with E-state index in [0.717, 1.165) is 6.42 Å². The first kappa shape index (κ1) is 14.4. The normalized spacial score (nSPS) is 21.4. The summed E-state index contributed by atoms with van der Waals surface area (Å²) in [4.78, 5) is 24.5. The van der Waals surface area contributed by atoms with E-state index in [9.17, 15) is 9.59 Å². The molecule has 0 radical (unpaired) electrons. The van der Waals surface area contributed by atoms with Crippen LogP contribution in [0.1, 0.15) is 33.6 Å². The Kier molecular flexibility index (Phi) is 4.86. The predicted molar refractivity (Wildman–Crippen MR) is 69.2 cm³/mol. The van der Waals surface area contributed by atoms with Crippen LogP contribution in [0.4, 0.5) is 0 Å². The topological polar surface area (TPSA) is 57.6 Å². The number of carboxylic acids is 1. The third-order valence-electron chi connectivity index (χ3n) is 2.75. The molecule has 1 aliphatic heterocycles. The highest BCUT2D eigenvalue weighted by Crippen LogP contribution is 2.24. The summed E-state index contributed by atoms with van der Waals surface area (Å²) in [5.74, 6) is -0.662. The van der Waals surface area contributed by atoms with Crippen LogP contribution in [0.2, 0.25) is 0 Å². The summed E-state index contributed by atoms with van der Waals surface area (Å²) in [6.07, 6.45) is 1.48. The summed E-state index contributed by atoms with van der Waals surface area (Å²) in [6, 6.07) is 0. The van der Waals surface area contributed by atoms with Gasteiger partial charge in [0, 0.05) is 17.8 Å². The first-order chi connectivity index (χ1) is 7.79. The largest absolute Gasteiger partial charge is 0.481 e. The van der Waals surface area contributed by atoms with Crippen LogP contribution >= 0.6 is 11.8 Å². The second-order valence-corrected chi connectivity index (χ2v) is 7.22. The number of amides is 1. The van der Waals surface area contributed by atoms with Gasteiger partial charge in [-0.1, -0.05) is 20.8 Å². The van der Waals surface area contributed by atoms with Crippen LogP contribution in [0.5, 0.6) is 0 Å². The van der Waals surface area contributed by atoms with Crippen LogP contribution in [0, 0.1) is 5.92 Å². The van der Waals surface area contributed by atoms with E-state index in [1.807, 2.05) is 0 Å². The second kappa shape index (κ2) is 5.76. The van der Waals surface area contributed by atoms with Crippen molar-refractivity contribution in [3.63, 3.8) is 0 Å². The van der Waals surface area contributed by atoms with E-state index in [1.165, 1.54) is 0 Å². The molecule has 0 aromatic heterocycles. The average molecular weight is 259 g/mol. The van der Waals surface area contributed by atoms with Gasteiger partial charge >= 0.3 is 5.97 Å². The monoisotopic (exact) mass is 259 g/mol. The van der Waals surface area contributed by atoms with Gasteiger partial charge in [-0.3, -0.25) is 9.59 Å². The molecule has 1 rings (SSSR count). The molecular formula is C12H21NO3S. The number of carbonyl (C=O) groups excluding carboxylic acids is 1. The van der Waals surface area contributed by atoms with Crippen LogP contribution in [0.25, 0.3) is 0 Å². The minimum absolute atomic E-state index is 0.0656. The molecule has 0 bridgehead atoms. The fourth-order valence-electron chi connectivity index (χ4n) is 1.77. The number of hydrogen-bond donors (Lipinski definition) is 1. The Balaban J connectivity index is 2.44. The molecule has 4 nitrogen and oxygen atoms in total. The van der Waals surface area contributed by atoms with Crippen molar-refractivity contribution >= 4 is 23.6 Å². The first-order valence-electron chi connectivity index (χ1n) is 5.94. The van der Waals surface area contributed by atoms with Gasteiger partial charge in [0.25, 0.3) is 0 Å². The van der Waals surface area contributed by atoms with Crippen LogP contribution in [0.15, 0.2) is 0 Å². The number of aliphatic carboxylic acids is 1. The molecule has 1 N–H and O–H groups in total. The molecule has 1 saturated heterocycles. The van der Waals surface area contributed by atoms with Crippen molar-refractivity contribution in [1.29, 1.82) is 0 Å². The lowest BCUT2D eigenvalue weighted by atomic mass is 9.98. The van der Waals surface area contributed by atoms with Crippen molar-refractivity contribution in [2.24, 2.45) is 5.92 Å². The van der Waals surface area contributed by atoms with Gasteiger partial charge in [0.05, 0.1) is 11.7 Å². The molecule has 0 saturated carbocycles. The van der Waals surface area contributed by atoms with E-state index >= 15 is 0 Å². The van der Waals surface area contributed by atoms with Gasteiger partial charge in [-0.05, 0) is 12.8 Å². The molecule has 1 amide bonds. The summed E-state index contributed by atoms with van der Waals surface area (Å²) >= 11 is 1.61. The smallest absolute Gasteiger partial charge is 0.308 e. The highest BCUT2D eigenvalue weighted by molar-refractivity contribution is 8.01. The molecule has 0 aromatic carbocycles. The minimum atomic E-state index is -0.786. The number of rotatable bonds is 3. The van der Waals surface area contributed by atoms with Gasteiger partial charge in [0.1, 0.15) is 0 Å². The third kappa shape index (κ3) is 4.98. The molecule has 1 heterocycles. The standard InChI is InChI=1S/C12H21NO3S/c1-12(2,3)17-8-10(14)13-6-4-5-9(7-13)11(15)16/h9H,4-8H2,1-3H3,(H,15,16)/t9-/m1/s1. The van der Waals surface area contributed by atoms with E-state index < -0.39 is 5.97 Å². The summed E-state index contributed by atoms with van der Waals surface area (Å²) in [6.45, 7) is 7.29. The van der Waals surface area contributed by atoms with E-state index in [-0.39, 0.29) is 16.6 Å². The van der Waals surface area contributed by atoms with Gasteiger partial charge in [-0.25, -0.2) is 0 Å². The first-order valence-corrected chi connectivity index (χ1v) is 6.93. The minimum Gasteiger partial charge on any atom is -0.481 e. The number of carboxylic acid groups (broad SMARTS) is 1. The van der Waals surface area contributed by atoms with Crippen molar-refractivity contribution in [3.05, 3.63) is 0 Å². The summed E-state index contributed by atoms with van der Waals surface area (Å²) in [7, 11) is 0. The zero-order valence-corrected chi connectivity index (χ0v) is 11.5. The number of hydrogen-bond acceptors (Lipinski definition) is 3. The predicted octanol–water partition coefficient (Wildman–Crippen LogP) is 1.84. The van der Waals surface area contributed by atoms with Crippen molar-refractivity contribution < 1.29 is 14.7 Å². The van der Waals surface area contributed by atoms with Crippen molar-refractivity contribution in [2.45, 2.75) is 38.4 Å². The average Bonchev–Trinajstić information content (AvgIpc) is 2.25. The Labute approximate surface area is 107 Å². The maximum absolute atomic E-state index is 11.9. The lowest BCUT2D eigenvalue weighted by Crippen LogP contribution is -2.43. The molecule has 1 aliphatic rings. The van der Waals surface area contributed by atoms with Crippen molar-refractivity contribution in [3.8, 4) is 0 Å². The fraction of sp³-hybridized carbons (Fsp3) is 0.833. The zero-order valence-electron chi connectivity index (χ0n) is 10.7. The zero-order chi connectivity index (χ0) is 13.1. The number of nitrogens with zero attached hydrogens (tertiary/aromatic N) is 1. The molecule has 17 heavy (non-hydrogen) atoms. The molecule has 98 valence electrons. The Hall–Kier alpha value is -0.710. The van der Waals surface area contributed by atoms with Gasteiger partial charge in [-0.15, -0.1) is 11.8 Å². The molecule has 1 fully saturated rings. The van der Waals surface area contributed by atoms with Crippen LogP contribution < -0.4 is 0 Å². The number of piperidine rings is 1. The number of thioether (sulfide) groups is 1. The SMILES string of the molecule is CC(C)(C)SCC(=O)N1CCC[C@@H](C(=O)O)C1. The Bertz CT molecular complexity index is 299. The fourth-order valence-corrected chi connectivity index (χ4v) is 2.51. The molecule has 1 atom stereocenters. The number of likely N-dealkylation sites (tertiary alicyclic amines) is 1. The molecule has 0 aliphatic carbocycles. The molecule has 0 aromatic rings. The molecule has 0 spiro atoms. The third-order valence-corrected chi connectivity index (χ3v) is 4.01. The summed E-state index contributed by atoms with van der Waals surface area (Å²) < 4.78 is 0.0671. The highest BCUT2D eigenvalue weighted by Gasteiger charge is 2.28. The lowest BCUT2D eigenvalue weighted by molar-refractivity contribution is -0.145. The van der Waals surface area contributed by atoms with Gasteiger partial charge in [0.15, 0.2) is 0 Å². The maximum Gasteiger partial charge on any atom is 0.308 e. The Morgan fingerprint density at radius 2 is 2.06 bits per heavy atom. The molecule has 5 heteroatoms.